The maximum Gasteiger partial charge on any atom is 0.280 e. The number of hydrogen-bond acceptors (Lipinski definition) is 4. The molecule has 0 aliphatic heterocycles. The Morgan fingerprint density at radius 3 is 2.83 bits per heavy atom. The van der Waals surface area contributed by atoms with Gasteiger partial charge in [-0.1, -0.05) is 6.92 Å². The topological polar surface area (TPSA) is 56.3 Å². The molecule has 0 N–H and O–H groups in total. The third-order valence-corrected chi connectivity index (χ3v) is 3.62. The van der Waals surface area contributed by atoms with Crippen LogP contribution in [0.3, 0.4) is 0 Å². The zero-order valence-electron chi connectivity index (χ0n) is 9.96. The second kappa shape index (κ2) is 5.73. The first-order valence-electron chi connectivity index (χ1n) is 5.67. The molecule has 2 rings (SSSR count). The van der Waals surface area contributed by atoms with E-state index in [1.54, 1.807) is 30.0 Å². The molecule has 0 bridgehead atoms. The number of nitrogens with zero attached hydrogens (tertiary/aromatic N) is 1. The highest BCUT2D eigenvalue weighted by atomic mass is 32.2. The summed E-state index contributed by atoms with van der Waals surface area (Å²) in [7, 11) is 0. The van der Waals surface area contributed by atoms with Crippen LogP contribution < -0.4 is 0 Å². The molecular weight excluding hydrogens is 250 g/mol. The number of nitro groups is 1. The lowest BCUT2D eigenvalue weighted by Crippen LogP contribution is -1.91. The van der Waals surface area contributed by atoms with E-state index in [2.05, 4.69) is 6.92 Å². The van der Waals surface area contributed by atoms with E-state index in [1.807, 2.05) is 6.07 Å². The van der Waals surface area contributed by atoms with Crippen LogP contribution in [-0.4, -0.2) is 10.7 Å². The number of benzene rings is 1. The largest absolute Gasteiger partial charge is 0.464 e. The molecule has 0 spiro atoms. The summed E-state index contributed by atoms with van der Waals surface area (Å²) in [5.74, 6) is 1.52. The van der Waals surface area contributed by atoms with Crippen molar-refractivity contribution in [2.75, 3.05) is 5.75 Å². The molecule has 0 radical (unpaired) electrons. The predicted octanol–water partition coefficient (Wildman–Crippen LogP) is 4.36. The van der Waals surface area contributed by atoms with Crippen molar-refractivity contribution in [2.45, 2.75) is 18.2 Å². The van der Waals surface area contributed by atoms with Gasteiger partial charge in [-0.3, -0.25) is 10.1 Å². The van der Waals surface area contributed by atoms with E-state index in [-0.39, 0.29) is 10.6 Å². The van der Waals surface area contributed by atoms with Crippen LogP contribution in [0.25, 0.3) is 11.3 Å². The summed E-state index contributed by atoms with van der Waals surface area (Å²) in [5, 5.41) is 11.0. The maximum absolute atomic E-state index is 11.0. The number of nitro benzene ring substituents is 1. The van der Waals surface area contributed by atoms with Crippen LogP contribution >= 0.6 is 11.8 Å². The van der Waals surface area contributed by atoms with E-state index in [4.69, 9.17) is 4.42 Å². The van der Waals surface area contributed by atoms with Gasteiger partial charge in [-0.2, -0.15) is 0 Å². The van der Waals surface area contributed by atoms with Gasteiger partial charge < -0.3 is 4.42 Å². The minimum atomic E-state index is -0.383. The minimum Gasteiger partial charge on any atom is -0.464 e. The zero-order chi connectivity index (χ0) is 13.0. The Hall–Kier alpha value is -1.75. The molecule has 5 heteroatoms. The highest BCUT2D eigenvalue weighted by molar-refractivity contribution is 7.99. The highest BCUT2D eigenvalue weighted by Crippen LogP contribution is 2.34. The summed E-state index contributed by atoms with van der Waals surface area (Å²) in [4.78, 5) is 11.6. The fraction of sp³-hybridized carbons (Fsp3) is 0.231. The van der Waals surface area contributed by atoms with Gasteiger partial charge in [-0.25, -0.2) is 0 Å². The smallest absolute Gasteiger partial charge is 0.280 e. The Morgan fingerprint density at radius 1 is 1.39 bits per heavy atom. The fourth-order valence-corrected chi connectivity index (χ4v) is 2.42. The second-order valence-electron chi connectivity index (χ2n) is 3.76. The molecule has 1 heterocycles. The van der Waals surface area contributed by atoms with Crippen molar-refractivity contribution >= 4 is 17.4 Å². The molecule has 0 aliphatic rings. The van der Waals surface area contributed by atoms with E-state index < -0.39 is 0 Å². The Balaban J connectivity index is 2.42. The third kappa shape index (κ3) is 2.73. The maximum atomic E-state index is 11.0. The first-order valence-corrected chi connectivity index (χ1v) is 6.66. The van der Waals surface area contributed by atoms with Crippen LogP contribution in [0, 0.1) is 10.1 Å². The quantitative estimate of drug-likeness (QED) is 0.457. The summed E-state index contributed by atoms with van der Waals surface area (Å²) >= 11 is 1.69. The average molecular weight is 263 g/mol. The Morgan fingerprint density at radius 2 is 2.22 bits per heavy atom. The van der Waals surface area contributed by atoms with Crippen molar-refractivity contribution in [3.05, 3.63) is 46.7 Å². The molecule has 0 unspecified atom stereocenters. The molecule has 94 valence electrons. The fourth-order valence-electron chi connectivity index (χ4n) is 1.61. The van der Waals surface area contributed by atoms with Crippen molar-refractivity contribution < 1.29 is 9.34 Å². The predicted molar refractivity (Wildman–Crippen MR) is 71.8 cm³/mol. The lowest BCUT2D eigenvalue weighted by atomic mass is 10.1. The molecule has 0 amide bonds. The summed E-state index contributed by atoms with van der Waals surface area (Å²) in [6.45, 7) is 2.10. The zero-order valence-corrected chi connectivity index (χ0v) is 10.8. The van der Waals surface area contributed by atoms with Gasteiger partial charge in [0.25, 0.3) is 5.69 Å². The van der Waals surface area contributed by atoms with Crippen molar-refractivity contribution in [1.82, 2.24) is 0 Å². The number of thioether (sulfide) groups is 1. The Labute approximate surface area is 109 Å². The summed E-state index contributed by atoms with van der Waals surface area (Å²) < 4.78 is 5.26. The molecule has 0 atom stereocenters. The average Bonchev–Trinajstić information content (AvgIpc) is 2.89. The molecule has 18 heavy (non-hydrogen) atoms. The van der Waals surface area contributed by atoms with Gasteiger partial charge in [0.1, 0.15) is 5.76 Å². The van der Waals surface area contributed by atoms with Crippen molar-refractivity contribution in [1.29, 1.82) is 0 Å². The van der Waals surface area contributed by atoms with Crippen LogP contribution in [0.1, 0.15) is 13.3 Å². The van der Waals surface area contributed by atoms with E-state index >= 15 is 0 Å². The lowest BCUT2D eigenvalue weighted by molar-refractivity contribution is -0.384. The molecule has 1 aromatic heterocycles. The monoisotopic (exact) mass is 263 g/mol. The molecule has 0 fully saturated rings. The Bertz CT molecular complexity index is 537. The molecule has 2 aromatic rings. The van der Waals surface area contributed by atoms with Gasteiger partial charge in [0.2, 0.25) is 0 Å². The first kappa shape index (κ1) is 12.7. The van der Waals surface area contributed by atoms with Gasteiger partial charge >= 0.3 is 0 Å². The lowest BCUT2D eigenvalue weighted by Gasteiger charge is -2.04. The normalized spacial score (nSPS) is 10.5. The van der Waals surface area contributed by atoms with Crippen LogP contribution in [-0.2, 0) is 0 Å². The van der Waals surface area contributed by atoms with E-state index in [9.17, 15) is 10.1 Å². The van der Waals surface area contributed by atoms with Gasteiger partial charge in [-0.05, 0) is 36.4 Å². The van der Waals surface area contributed by atoms with E-state index in [0.717, 1.165) is 17.1 Å². The van der Waals surface area contributed by atoms with Crippen LogP contribution in [0.2, 0.25) is 0 Å². The third-order valence-electron chi connectivity index (χ3n) is 2.42. The summed E-state index contributed by atoms with van der Waals surface area (Å²) in [5.41, 5.74) is 0.608. The first-order chi connectivity index (χ1) is 8.72. The molecule has 0 saturated carbocycles. The second-order valence-corrected chi connectivity index (χ2v) is 4.93. The molecular formula is C13H13NO3S. The highest BCUT2D eigenvalue weighted by Gasteiger charge is 2.17. The minimum absolute atomic E-state index is 0.0748. The molecule has 0 saturated heterocycles. The SMILES string of the molecule is CCCSc1ccc([N+](=O)[O-])c(-c2ccco2)c1. The van der Waals surface area contributed by atoms with Crippen molar-refractivity contribution in [2.24, 2.45) is 0 Å². The van der Waals surface area contributed by atoms with Gasteiger partial charge in [0, 0.05) is 11.0 Å². The van der Waals surface area contributed by atoms with Gasteiger partial charge in [0.15, 0.2) is 0 Å². The summed E-state index contributed by atoms with van der Waals surface area (Å²) in [6, 6.07) is 8.60. The molecule has 1 aromatic carbocycles. The van der Waals surface area contributed by atoms with E-state index in [1.165, 1.54) is 12.3 Å². The van der Waals surface area contributed by atoms with Crippen LogP contribution in [0.15, 0.2) is 45.9 Å². The van der Waals surface area contributed by atoms with Gasteiger partial charge in [0.05, 0.1) is 16.7 Å². The van der Waals surface area contributed by atoms with Crippen LogP contribution in [0.4, 0.5) is 5.69 Å². The van der Waals surface area contributed by atoms with Crippen molar-refractivity contribution in [3.8, 4) is 11.3 Å². The number of hydrogen-bond donors (Lipinski definition) is 0. The van der Waals surface area contributed by atoms with Crippen molar-refractivity contribution in [3.63, 3.8) is 0 Å². The molecule has 4 nitrogen and oxygen atoms in total. The number of rotatable bonds is 5. The van der Waals surface area contributed by atoms with E-state index in [0.29, 0.717) is 11.3 Å². The number of furan rings is 1. The standard InChI is InChI=1S/C13H13NO3S/c1-2-8-18-10-5-6-12(14(15)16)11(9-10)13-4-3-7-17-13/h3-7,9H,2,8H2,1H3. The molecule has 0 aliphatic carbocycles. The Kier molecular flexibility index (Phi) is 4.04. The van der Waals surface area contributed by atoms with Gasteiger partial charge in [-0.15, -0.1) is 11.8 Å². The summed E-state index contributed by atoms with van der Waals surface area (Å²) in [6.07, 6.45) is 2.59. The van der Waals surface area contributed by atoms with Crippen LogP contribution in [0.5, 0.6) is 0 Å².